The van der Waals surface area contributed by atoms with Crippen molar-refractivity contribution < 1.29 is 4.74 Å². The summed E-state index contributed by atoms with van der Waals surface area (Å²) in [6, 6.07) is 6.46. The van der Waals surface area contributed by atoms with E-state index in [0.29, 0.717) is 0 Å². The van der Waals surface area contributed by atoms with Crippen molar-refractivity contribution in [2.45, 2.75) is 38.6 Å². The van der Waals surface area contributed by atoms with Gasteiger partial charge in [-0.3, -0.25) is 0 Å². The first-order chi connectivity index (χ1) is 7.70. The molecule has 0 aliphatic heterocycles. The topological polar surface area (TPSA) is 35.2 Å². The van der Waals surface area contributed by atoms with Crippen LogP contribution in [-0.4, -0.2) is 7.11 Å². The van der Waals surface area contributed by atoms with Crippen LogP contribution in [0.4, 0.5) is 0 Å². The lowest BCUT2D eigenvalue weighted by atomic mass is 9.80. The lowest BCUT2D eigenvalue weighted by molar-refractivity contribution is 0.277. The quantitative estimate of drug-likeness (QED) is 0.844. The van der Waals surface area contributed by atoms with Crippen LogP contribution in [0.1, 0.15) is 42.9 Å². The Morgan fingerprint density at radius 2 is 2.19 bits per heavy atom. The molecule has 1 unspecified atom stereocenters. The summed E-state index contributed by atoms with van der Waals surface area (Å²) in [5.74, 6) is 1.80. The SMILES string of the molecule is COc1ccc(C(N)CC2CCC2)cc1C. The highest BCUT2D eigenvalue weighted by Gasteiger charge is 2.21. The molecule has 1 saturated carbocycles. The van der Waals surface area contributed by atoms with Crippen molar-refractivity contribution >= 4 is 0 Å². The van der Waals surface area contributed by atoms with E-state index in [-0.39, 0.29) is 6.04 Å². The molecule has 1 atom stereocenters. The lowest BCUT2D eigenvalue weighted by Gasteiger charge is -2.28. The van der Waals surface area contributed by atoms with Crippen LogP contribution in [0.3, 0.4) is 0 Å². The molecular formula is C14H21NO. The Morgan fingerprint density at radius 1 is 1.44 bits per heavy atom. The number of ether oxygens (including phenoxy) is 1. The molecule has 1 aliphatic rings. The molecule has 0 aromatic heterocycles. The molecule has 0 bridgehead atoms. The van der Waals surface area contributed by atoms with E-state index in [0.717, 1.165) is 18.1 Å². The zero-order chi connectivity index (χ0) is 11.5. The number of methoxy groups -OCH3 is 1. The summed E-state index contributed by atoms with van der Waals surface area (Å²) in [5.41, 5.74) is 8.64. The van der Waals surface area contributed by atoms with E-state index in [4.69, 9.17) is 10.5 Å². The Kier molecular flexibility index (Phi) is 3.49. The Labute approximate surface area is 97.8 Å². The Morgan fingerprint density at radius 3 is 2.69 bits per heavy atom. The van der Waals surface area contributed by atoms with Gasteiger partial charge in [0.05, 0.1) is 7.11 Å². The van der Waals surface area contributed by atoms with Crippen molar-refractivity contribution in [3.63, 3.8) is 0 Å². The minimum absolute atomic E-state index is 0.190. The fourth-order valence-corrected chi connectivity index (χ4v) is 2.36. The first-order valence-corrected chi connectivity index (χ1v) is 6.11. The van der Waals surface area contributed by atoms with E-state index >= 15 is 0 Å². The normalized spacial score (nSPS) is 17.9. The smallest absolute Gasteiger partial charge is 0.121 e. The number of hydrogen-bond donors (Lipinski definition) is 1. The van der Waals surface area contributed by atoms with Gasteiger partial charge in [0.25, 0.3) is 0 Å². The van der Waals surface area contributed by atoms with Gasteiger partial charge in [0, 0.05) is 6.04 Å². The van der Waals surface area contributed by atoms with Gasteiger partial charge in [0.15, 0.2) is 0 Å². The fraction of sp³-hybridized carbons (Fsp3) is 0.571. The van der Waals surface area contributed by atoms with Crippen LogP contribution < -0.4 is 10.5 Å². The van der Waals surface area contributed by atoms with Crippen LogP contribution in [0, 0.1) is 12.8 Å². The van der Waals surface area contributed by atoms with Crippen molar-refractivity contribution in [1.29, 1.82) is 0 Å². The average molecular weight is 219 g/mol. The summed E-state index contributed by atoms with van der Waals surface area (Å²) >= 11 is 0. The molecule has 88 valence electrons. The number of rotatable bonds is 4. The molecule has 0 amide bonds. The highest BCUT2D eigenvalue weighted by molar-refractivity contribution is 5.37. The molecule has 2 N–H and O–H groups in total. The van der Waals surface area contributed by atoms with Crippen LogP contribution in [0.2, 0.25) is 0 Å². The molecule has 2 nitrogen and oxygen atoms in total. The summed E-state index contributed by atoms with van der Waals surface area (Å²) in [7, 11) is 1.70. The standard InChI is InChI=1S/C14H21NO/c1-10-8-12(6-7-14(10)16-2)13(15)9-11-4-3-5-11/h6-8,11,13H,3-5,9,15H2,1-2H3. The van der Waals surface area contributed by atoms with Gasteiger partial charge >= 0.3 is 0 Å². The second kappa shape index (κ2) is 4.88. The maximum Gasteiger partial charge on any atom is 0.121 e. The van der Waals surface area contributed by atoms with E-state index in [1.165, 1.54) is 30.4 Å². The minimum Gasteiger partial charge on any atom is -0.496 e. The van der Waals surface area contributed by atoms with Crippen LogP contribution in [0.25, 0.3) is 0 Å². The predicted molar refractivity (Wildman–Crippen MR) is 66.6 cm³/mol. The summed E-state index contributed by atoms with van der Waals surface area (Å²) in [4.78, 5) is 0. The monoisotopic (exact) mass is 219 g/mol. The average Bonchev–Trinajstić information content (AvgIpc) is 2.23. The zero-order valence-electron chi connectivity index (χ0n) is 10.2. The molecule has 2 rings (SSSR count). The predicted octanol–water partition coefficient (Wildman–Crippen LogP) is 3.19. The van der Waals surface area contributed by atoms with Gasteiger partial charge in [-0.15, -0.1) is 0 Å². The summed E-state index contributed by atoms with van der Waals surface area (Å²) < 4.78 is 5.25. The molecule has 1 aliphatic carbocycles. The van der Waals surface area contributed by atoms with Crippen LogP contribution in [0.15, 0.2) is 18.2 Å². The van der Waals surface area contributed by atoms with E-state index < -0.39 is 0 Å². The van der Waals surface area contributed by atoms with Gasteiger partial charge in [0.2, 0.25) is 0 Å². The van der Waals surface area contributed by atoms with Crippen molar-refractivity contribution in [1.82, 2.24) is 0 Å². The zero-order valence-corrected chi connectivity index (χ0v) is 10.2. The summed E-state index contributed by atoms with van der Waals surface area (Å²) in [5, 5.41) is 0. The maximum absolute atomic E-state index is 6.22. The molecule has 1 fully saturated rings. The molecular weight excluding hydrogens is 198 g/mol. The molecule has 1 aromatic rings. The van der Waals surface area contributed by atoms with Crippen molar-refractivity contribution in [2.75, 3.05) is 7.11 Å². The van der Waals surface area contributed by atoms with Gasteiger partial charge in [-0.05, 0) is 36.5 Å². The van der Waals surface area contributed by atoms with Crippen LogP contribution in [-0.2, 0) is 0 Å². The van der Waals surface area contributed by atoms with Gasteiger partial charge < -0.3 is 10.5 Å². The highest BCUT2D eigenvalue weighted by Crippen LogP contribution is 2.34. The molecule has 0 radical (unpaired) electrons. The van der Waals surface area contributed by atoms with Crippen molar-refractivity contribution in [3.05, 3.63) is 29.3 Å². The minimum atomic E-state index is 0.190. The summed E-state index contributed by atoms with van der Waals surface area (Å²) in [6.45, 7) is 2.07. The number of hydrogen-bond acceptors (Lipinski definition) is 2. The molecule has 0 saturated heterocycles. The van der Waals surface area contributed by atoms with E-state index in [2.05, 4.69) is 19.1 Å². The molecule has 2 heteroatoms. The first kappa shape index (κ1) is 11.5. The molecule has 0 heterocycles. The molecule has 16 heavy (non-hydrogen) atoms. The van der Waals surface area contributed by atoms with Crippen molar-refractivity contribution in [3.8, 4) is 5.75 Å². The van der Waals surface area contributed by atoms with Crippen molar-refractivity contribution in [2.24, 2.45) is 11.7 Å². The largest absolute Gasteiger partial charge is 0.496 e. The van der Waals surface area contributed by atoms with Crippen LogP contribution >= 0.6 is 0 Å². The Hall–Kier alpha value is -1.02. The lowest BCUT2D eigenvalue weighted by Crippen LogP contribution is -2.20. The van der Waals surface area contributed by atoms with Crippen LogP contribution in [0.5, 0.6) is 5.75 Å². The number of aryl methyl sites for hydroxylation is 1. The molecule has 0 spiro atoms. The van der Waals surface area contributed by atoms with E-state index in [1.54, 1.807) is 7.11 Å². The Bertz CT molecular complexity index is 358. The van der Waals surface area contributed by atoms with Gasteiger partial charge in [-0.2, -0.15) is 0 Å². The third-order valence-corrected chi connectivity index (χ3v) is 3.66. The van der Waals surface area contributed by atoms with E-state index in [1.807, 2.05) is 6.07 Å². The van der Waals surface area contributed by atoms with Gasteiger partial charge in [0.1, 0.15) is 5.75 Å². The van der Waals surface area contributed by atoms with Gasteiger partial charge in [-0.1, -0.05) is 31.4 Å². The fourth-order valence-electron chi connectivity index (χ4n) is 2.36. The number of benzene rings is 1. The second-order valence-corrected chi connectivity index (χ2v) is 4.87. The Balaban J connectivity index is 2.04. The summed E-state index contributed by atoms with van der Waals surface area (Å²) in [6.07, 6.45) is 5.25. The third kappa shape index (κ3) is 2.38. The third-order valence-electron chi connectivity index (χ3n) is 3.66. The maximum atomic E-state index is 6.22. The first-order valence-electron chi connectivity index (χ1n) is 6.11. The van der Waals surface area contributed by atoms with E-state index in [9.17, 15) is 0 Å². The molecule has 1 aromatic carbocycles. The highest BCUT2D eigenvalue weighted by atomic mass is 16.5. The van der Waals surface area contributed by atoms with Gasteiger partial charge in [-0.25, -0.2) is 0 Å². The number of nitrogens with two attached hydrogens (primary N) is 1. The second-order valence-electron chi connectivity index (χ2n) is 4.87.